The van der Waals surface area contributed by atoms with Crippen LogP contribution < -0.4 is 9.47 Å². The maximum Gasteiger partial charge on any atom is 0.387 e. The number of alkyl halides is 2. The molecule has 1 aromatic heterocycles. The Bertz CT molecular complexity index is 1200. The van der Waals surface area contributed by atoms with Gasteiger partial charge in [-0.05, 0) is 30.3 Å². The van der Waals surface area contributed by atoms with Gasteiger partial charge in [0, 0.05) is 11.8 Å². The van der Waals surface area contributed by atoms with Crippen molar-refractivity contribution in [3.63, 3.8) is 0 Å². The summed E-state index contributed by atoms with van der Waals surface area (Å²) in [6.45, 7) is -3.42. The Hall–Kier alpha value is -3.54. The van der Waals surface area contributed by atoms with Gasteiger partial charge in [0.2, 0.25) is 5.82 Å². The number of hydrogen-bond acceptors (Lipinski definition) is 9. The van der Waals surface area contributed by atoms with Crippen molar-refractivity contribution in [1.82, 2.24) is 10.1 Å². The highest BCUT2D eigenvalue weighted by Crippen LogP contribution is 2.32. The van der Waals surface area contributed by atoms with Crippen LogP contribution in [0.2, 0.25) is 0 Å². The van der Waals surface area contributed by atoms with Gasteiger partial charge in [0.25, 0.3) is 5.89 Å². The fourth-order valence-electron chi connectivity index (χ4n) is 2.59. The molecule has 31 heavy (non-hydrogen) atoms. The Kier molecular flexibility index (Phi) is 6.49. The molecule has 3 aromatic rings. The van der Waals surface area contributed by atoms with Crippen LogP contribution in [0.15, 0.2) is 51.9 Å². The maximum absolute atomic E-state index is 12.4. The molecular formula is C19H16F2N2O7S. The number of esters is 1. The van der Waals surface area contributed by atoms with Crippen LogP contribution >= 0.6 is 0 Å². The summed E-state index contributed by atoms with van der Waals surface area (Å²) in [5.41, 5.74) is 0.256. The van der Waals surface area contributed by atoms with Gasteiger partial charge in [0.15, 0.2) is 27.9 Å². The minimum Gasteiger partial charge on any atom is -0.493 e. The minimum absolute atomic E-state index is 0.0351. The number of methoxy groups -OCH3 is 1. The molecule has 0 atom stereocenters. The van der Waals surface area contributed by atoms with Crippen LogP contribution in [0.1, 0.15) is 16.2 Å². The van der Waals surface area contributed by atoms with E-state index in [-0.39, 0.29) is 33.7 Å². The lowest BCUT2D eigenvalue weighted by atomic mass is 10.2. The summed E-state index contributed by atoms with van der Waals surface area (Å²) in [5.74, 6) is -0.983. The van der Waals surface area contributed by atoms with Gasteiger partial charge >= 0.3 is 12.6 Å². The van der Waals surface area contributed by atoms with Crippen molar-refractivity contribution in [2.75, 3.05) is 13.4 Å². The molecular weight excluding hydrogens is 438 g/mol. The smallest absolute Gasteiger partial charge is 0.387 e. The molecule has 0 aliphatic heterocycles. The standard InChI is InChI=1S/C19H16F2N2O7S/c1-27-14-9-11(7-8-13(14)29-19(20)21)17-22-16(30-23-17)10-28-18(24)12-5-3-4-6-15(12)31(2,25)26/h3-9,19H,10H2,1-2H3. The molecule has 0 unspecified atom stereocenters. The van der Waals surface area contributed by atoms with Crippen molar-refractivity contribution in [2.45, 2.75) is 18.1 Å². The first-order valence-corrected chi connectivity index (χ1v) is 10.5. The van der Waals surface area contributed by atoms with Crippen molar-refractivity contribution in [1.29, 1.82) is 0 Å². The van der Waals surface area contributed by atoms with Crippen LogP contribution in [0.3, 0.4) is 0 Å². The molecule has 0 bridgehead atoms. The molecule has 9 nitrogen and oxygen atoms in total. The number of aromatic nitrogens is 2. The van der Waals surface area contributed by atoms with Crippen LogP contribution in [-0.4, -0.2) is 44.5 Å². The van der Waals surface area contributed by atoms with Crippen molar-refractivity contribution >= 4 is 15.8 Å². The Morgan fingerprint density at radius 2 is 1.90 bits per heavy atom. The van der Waals surface area contributed by atoms with Gasteiger partial charge in [0.05, 0.1) is 17.6 Å². The zero-order chi connectivity index (χ0) is 22.6. The van der Waals surface area contributed by atoms with E-state index >= 15 is 0 Å². The maximum atomic E-state index is 12.4. The van der Waals surface area contributed by atoms with E-state index in [2.05, 4.69) is 14.9 Å². The van der Waals surface area contributed by atoms with E-state index in [1.54, 1.807) is 0 Å². The summed E-state index contributed by atoms with van der Waals surface area (Å²) >= 11 is 0. The van der Waals surface area contributed by atoms with E-state index in [4.69, 9.17) is 14.0 Å². The van der Waals surface area contributed by atoms with Crippen LogP contribution in [0.4, 0.5) is 8.78 Å². The molecule has 2 aromatic carbocycles. The zero-order valence-electron chi connectivity index (χ0n) is 16.2. The molecule has 3 rings (SSSR count). The normalized spacial score (nSPS) is 11.4. The number of halogens is 2. The number of benzene rings is 2. The molecule has 0 fully saturated rings. The van der Waals surface area contributed by atoms with Gasteiger partial charge in [-0.1, -0.05) is 17.3 Å². The lowest BCUT2D eigenvalue weighted by molar-refractivity contribution is -0.0512. The predicted molar refractivity (Wildman–Crippen MR) is 102 cm³/mol. The second-order valence-electron chi connectivity index (χ2n) is 6.10. The second kappa shape index (κ2) is 9.08. The van der Waals surface area contributed by atoms with E-state index in [1.807, 2.05) is 0 Å². The summed E-state index contributed by atoms with van der Waals surface area (Å²) < 4.78 is 68.0. The molecule has 164 valence electrons. The summed E-state index contributed by atoms with van der Waals surface area (Å²) in [6.07, 6.45) is 0.981. The Morgan fingerprint density at radius 3 is 2.58 bits per heavy atom. The summed E-state index contributed by atoms with van der Waals surface area (Å²) in [7, 11) is -2.35. The lowest BCUT2D eigenvalue weighted by Crippen LogP contribution is -2.11. The summed E-state index contributed by atoms with van der Waals surface area (Å²) in [5, 5.41) is 3.74. The fraction of sp³-hybridized carbons (Fsp3) is 0.211. The SMILES string of the molecule is COc1cc(-c2noc(COC(=O)c3ccccc3S(C)(=O)=O)n2)ccc1OC(F)F. The zero-order valence-corrected chi connectivity index (χ0v) is 17.1. The van der Waals surface area contributed by atoms with E-state index in [9.17, 15) is 22.0 Å². The van der Waals surface area contributed by atoms with Crippen molar-refractivity contribution < 1.29 is 40.7 Å². The molecule has 0 saturated heterocycles. The van der Waals surface area contributed by atoms with E-state index in [0.717, 1.165) is 6.26 Å². The van der Waals surface area contributed by atoms with Crippen molar-refractivity contribution in [3.05, 3.63) is 53.9 Å². The molecule has 0 N–H and O–H groups in total. The average Bonchev–Trinajstić information content (AvgIpc) is 3.20. The van der Waals surface area contributed by atoms with E-state index in [0.29, 0.717) is 5.56 Å². The van der Waals surface area contributed by atoms with Crippen LogP contribution in [0.25, 0.3) is 11.4 Å². The molecule has 0 saturated carbocycles. The summed E-state index contributed by atoms with van der Waals surface area (Å²) in [4.78, 5) is 16.2. The molecule has 0 radical (unpaired) electrons. The molecule has 0 amide bonds. The monoisotopic (exact) mass is 454 g/mol. The highest BCUT2D eigenvalue weighted by atomic mass is 32.2. The van der Waals surface area contributed by atoms with Crippen LogP contribution in [-0.2, 0) is 21.2 Å². The van der Waals surface area contributed by atoms with E-state index < -0.39 is 29.0 Å². The molecule has 0 aliphatic rings. The number of carbonyl (C=O) groups excluding carboxylic acids is 1. The van der Waals surface area contributed by atoms with Gasteiger partial charge in [-0.25, -0.2) is 13.2 Å². The summed E-state index contributed by atoms with van der Waals surface area (Å²) in [6, 6.07) is 9.68. The van der Waals surface area contributed by atoms with Crippen molar-refractivity contribution in [2.24, 2.45) is 0 Å². The third-order valence-electron chi connectivity index (χ3n) is 3.94. The highest BCUT2D eigenvalue weighted by molar-refractivity contribution is 7.90. The van der Waals surface area contributed by atoms with Gasteiger partial charge < -0.3 is 18.7 Å². The first-order valence-electron chi connectivity index (χ1n) is 8.61. The third kappa shape index (κ3) is 5.34. The first-order chi connectivity index (χ1) is 14.7. The number of carbonyl (C=O) groups is 1. The highest BCUT2D eigenvalue weighted by Gasteiger charge is 2.20. The van der Waals surface area contributed by atoms with Gasteiger partial charge in [-0.3, -0.25) is 0 Å². The Balaban J connectivity index is 1.73. The van der Waals surface area contributed by atoms with Gasteiger partial charge in [-0.15, -0.1) is 0 Å². The lowest BCUT2D eigenvalue weighted by Gasteiger charge is -2.10. The largest absolute Gasteiger partial charge is 0.493 e. The van der Waals surface area contributed by atoms with Crippen molar-refractivity contribution in [3.8, 4) is 22.9 Å². The minimum atomic E-state index is -3.63. The van der Waals surface area contributed by atoms with Gasteiger partial charge in [0.1, 0.15) is 0 Å². The number of rotatable bonds is 8. The van der Waals surface area contributed by atoms with Crippen LogP contribution in [0, 0.1) is 0 Å². The van der Waals surface area contributed by atoms with E-state index in [1.165, 1.54) is 49.6 Å². The average molecular weight is 454 g/mol. The topological polar surface area (TPSA) is 118 Å². The predicted octanol–water partition coefficient (Wildman–Crippen LogP) is 3.11. The quantitative estimate of drug-likeness (QED) is 0.473. The number of nitrogens with zero attached hydrogens (tertiary/aromatic N) is 2. The molecule has 1 heterocycles. The number of ether oxygens (including phenoxy) is 3. The third-order valence-corrected chi connectivity index (χ3v) is 5.09. The molecule has 0 spiro atoms. The molecule has 0 aliphatic carbocycles. The Labute approximate surface area is 175 Å². The second-order valence-corrected chi connectivity index (χ2v) is 8.08. The van der Waals surface area contributed by atoms with Crippen LogP contribution in [0.5, 0.6) is 11.5 Å². The fourth-order valence-corrected chi connectivity index (χ4v) is 3.47. The number of sulfone groups is 1. The first kappa shape index (κ1) is 22.2. The number of hydrogen-bond donors (Lipinski definition) is 0. The van der Waals surface area contributed by atoms with Gasteiger partial charge in [-0.2, -0.15) is 13.8 Å². The Morgan fingerprint density at radius 1 is 1.16 bits per heavy atom. The molecule has 12 heteroatoms.